The van der Waals surface area contributed by atoms with Crippen LogP contribution in [0.25, 0.3) is 0 Å². The highest BCUT2D eigenvalue weighted by Gasteiger charge is 1.95. The highest BCUT2D eigenvalue weighted by molar-refractivity contribution is 6.29. The lowest BCUT2D eigenvalue weighted by atomic mass is 10.1. The second kappa shape index (κ2) is 5.78. The standard InChI is InChI=1S/C11H13ClFN/c1-9(12)8-14-6-5-10-3-2-4-11(13)7-10/h2-4,7,14H,1,5-6,8H2. The van der Waals surface area contributed by atoms with Gasteiger partial charge in [-0.2, -0.15) is 0 Å². The monoisotopic (exact) mass is 213 g/mol. The first kappa shape index (κ1) is 11.2. The van der Waals surface area contributed by atoms with E-state index < -0.39 is 0 Å². The Bertz CT molecular complexity index is 312. The molecule has 0 radical (unpaired) electrons. The van der Waals surface area contributed by atoms with Gasteiger partial charge in [0, 0.05) is 11.6 Å². The van der Waals surface area contributed by atoms with Crippen LogP contribution in [0.2, 0.25) is 0 Å². The normalized spacial score (nSPS) is 10.1. The molecule has 1 nitrogen and oxygen atoms in total. The van der Waals surface area contributed by atoms with E-state index in [2.05, 4.69) is 11.9 Å². The highest BCUT2D eigenvalue weighted by Crippen LogP contribution is 2.03. The van der Waals surface area contributed by atoms with Gasteiger partial charge in [0.1, 0.15) is 5.82 Å². The minimum absolute atomic E-state index is 0.191. The summed E-state index contributed by atoms with van der Waals surface area (Å²) in [5.41, 5.74) is 0.984. The average Bonchev–Trinajstić information content (AvgIpc) is 2.12. The van der Waals surface area contributed by atoms with Crippen molar-refractivity contribution in [3.8, 4) is 0 Å². The number of hydrogen-bond donors (Lipinski definition) is 1. The van der Waals surface area contributed by atoms with Crippen molar-refractivity contribution in [2.45, 2.75) is 6.42 Å². The number of nitrogens with one attached hydrogen (secondary N) is 1. The minimum Gasteiger partial charge on any atom is -0.311 e. The molecule has 1 aromatic rings. The zero-order chi connectivity index (χ0) is 10.4. The van der Waals surface area contributed by atoms with E-state index in [0.717, 1.165) is 18.5 Å². The summed E-state index contributed by atoms with van der Waals surface area (Å²) in [7, 11) is 0. The van der Waals surface area contributed by atoms with Crippen LogP contribution in [-0.4, -0.2) is 13.1 Å². The fourth-order valence-electron chi connectivity index (χ4n) is 1.15. The lowest BCUT2D eigenvalue weighted by Gasteiger charge is -2.03. The average molecular weight is 214 g/mol. The van der Waals surface area contributed by atoms with E-state index in [9.17, 15) is 4.39 Å². The van der Waals surface area contributed by atoms with Crippen molar-refractivity contribution >= 4 is 11.6 Å². The van der Waals surface area contributed by atoms with Gasteiger partial charge in [-0.15, -0.1) is 0 Å². The van der Waals surface area contributed by atoms with E-state index in [-0.39, 0.29) is 5.82 Å². The fraction of sp³-hybridized carbons (Fsp3) is 0.273. The molecule has 0 aromatic heterocycles. The summed E-state index contributed by atoms with van der Waals surface area (Å²) < 4.78 is 12.7. The molecule has 0 aliphatic carbocycles. The van der Waals surface area contributed by atoms with Crippen LogP contribution in [0.1, 0.15) is 5.56 Å². The molecule has 3 heteroatoms. The number of rotatable bonds is 5. The van der Waals surface area contributed by atoms with Gasteiger partial charge in [0.25, 0.3) is 0 Å². The molecule has 0 bridgehead atoms. The lowest BCUT2D eigenvalue weighted by Crippen LogP contribution is -2.18. The third-order valence-electron chi connectivity index (χ3n) is 1.80. The van der Waals surface area contributed by atoms with Gasteiger partial charge < -0.3 is 5.32 Å². The van der Waals surface area contributed by atoms with Crippen molar-refractivity contribution < 1.29 is 4.39 Å². The van der Waals surface area contributed by atoms with Gasteiger partial charge in [-0.25, -0.2) is 4.39 Å². The van der Waals surface area contributed by atoms with Crippen LogP contribution in [0, 0.1) is 5.82 Å². The van der Waals surface area contributed by atoms with Crippen molar-refractivity contribution in [1.82, 2.24) is 5.32 Å². The zero-order valence-electron chi connectivity index (χ0n) is 7.89. The molecule has 0 amide bonds. The van der Waals surface area contributed by atoms with Crippen LogP contribution in [0.15, 0.2) is 35.9 Å². The first-order chi connectivity index (χ1) is 6.68. The smallest absolute Gasteiger partial charge is 0.123 e. The third kappa shape index (κ3) is 4.40. The highest BCUT2D eigenvalue weighted by atomic mass is 35.5. The topological polar surface area (TPSA) is 12.0 Å². The van der Waals surface area contributed by atoms with Crippen LogP contribution in [-0.2, 0) is 6.42 Å². The molecule has 0 atom stereocenters. The SMILES string of the molecule is C=C(Cl)CNCCc1cccc(F)c1. The second-order valence-corrected chi connectivity index (χ2v) is 3.61. The number of benzene rings is 1. The maximum Gasteiger partial charge on any atom is 0.123 e. The molecular weight excluding hydrogens is 201 g/mol. The summed E-state index contributed by atoms with van der Waals surface area (Å²) in [6, 6.07) is 6.60. The Morgan fingerprint density at radius 2 is 2.29 bits per heavy atom. The van der Waals surface area contributed by atoms with Gasteiger partial charge >= 0.3 is 0 Å². The van der Waals surface area contributed by atoms with Gasteiger partial charge in [-0.3, -0.25) is 0 Å². The Morgan fingerprint density at radius 3 is 2.93 bits per heavy atom. The predicted molar refractivity (Wildman–Crippen MR) is 58.0 cm³/mol. The van der Waals surface area contributed by atoms with Gasteiger partial charge in [0.05, 0.1) is 0 Å². The second-order valence-electron chi connectivity index (χ2n) is 3.07. The Balaban J connectivity index is 2.28. The van der Waals surface area contributed by atoms with Crippen LogP contribution < -0.4 is 5.32 Å². The molecule has 0 saturated carbocycles. The summed E-state index contributed by atoms with van der Waals surface area (Å²) in [4.78, 5) is 0. The quantitative estimate of drug-likeness (QED) is 0.742. The van der Waals surface area contributed by atoms with Crippen molar-refractivity contribution in [3.05, 3.63) is 47.3 Å². The van der Waals surface area contributed by atoms with Crippen LogP contribution in [0.5, 0.6) is 0 Å². The molecule has 0 unspecified atom stereocenters. The summed E-state index contributed by atoms with van der Waals surface area (Å²) in [5.74, 6) is -0.191. The summed E-state index contributed by atoms with van der Waals surface area (Å²) in [5, 5.41) is 3.69. The van der Waals surface area contributed by atoms with E-state index in [1.165, 1.54) is 12.1 Å². The fourth-order valence-corrected chi connectivity index (χ4v) is 1.24. The lowest BCUT2D eigenvalue weighted by molar-refractivity contribution is 0.624. The molecule has 0 aliphatic heterocycles. The van der Waals surface area contributed by atoms with Crippen molar-refractivity contribution in [2.75, 3.05) is 13.1 Å². The van der Waals surface area contributed by atoms with E-state index >= 15 is 0 Å². The molecule has 14 heavy (non-hydrogen) atoms. The first-order valence-electron chi connectivity index (χ1n) is 4.47. The van der Waals surface area contributed by atoms with Gasteiger partial charge in [0.15, 0.2) is 0 Å². The molecule has 76 valence electrons. The summed E-state index contributed by atoms with van der Waals surface area (Å²) in [6.45, 7) is 4.92. The van der Waals surface area contributed by atoms with Crippen LogP contribution in [0.4, 0.5) is 4.39 Å². The maximum absolute atomic E-state index is 12.7. The zero-order valence-corrected chi connectivity index (χ0v) is 8.65. The predicted octanol–water partition coefficient (Wildman–Crippen LogP) is 2.71. The minimum atomic E-state index is -0.191. The maximum atomic E-state index is 12.7. The van der Waals surface area contributed by atoms with Gasteiger partial charge in [-0.05, 0) is 30.7 Å². The number of hydrogen-bond acceptors (Lipinski definition) is 1. The van der Waals surface area contributed by atoms with Gasteiger partial charge in [-0.1, -0.05) is 30.3 Å². The number of halogens is 2. The Labute approximate surface area is 88.6 Å². The molecule has 1 rings (SSSR count). The molecule has 0 saturated heterocycles. The van der Waals surface area contributed by atoms with E-state index in [1.807, 2.05) is 6.07 Å². The van der Waals surface area contributed by atoms with Gasteiger partial charge in [0.2, 0.25) is 0 Å². The van der Waals surface area contributed by atoms with Crippen molar-refractivity contribution in [3.63, 3.8) is 0 Å². The van der Waals surface area contributed by atoms with Crippen LogP contribution >= 0.6 is 11.6 Å². The molecule has 0 heterocycles. The van der Waals surface area contributed by atoms with Crippen molar-refractivity contribution in [2.24, 2.45) is 0 Å². The van der Waals surface area contributed by atoms with E-state index in [0.29, 0.717) is 11.6 Å². The third-order valence-corrected chi connectivity index (χ3v) is 1.93. The summed E-state index contributed by atoms with van der Waals surface area (Å²) in [6.07, 6.45) is 0.794. The Morgan fingerprint density at radius 1 is 1.50 bits per heavy atom. The van der Waals surface area contributed by atoms with Crippen molar-refractivity contribution in [1.29, 1.82) is 0 Å². The Hall–Kier alpha value is -0.860. The summed E-state index contributed by atoms with van der Waals surface area (Å²) >= 11 is 5.57. The van der Waals surface area contributed by atoms with E-state index in [1.54, 1.807) is 6.07 Å². The Kier molecular flexibility index (Phi) is 4.63. The van der Waals surface area contributed by atoms with E-state index in [4.69, 9.17) is 11.6 Å². The van der Waals surface area contributed by atoms with Crippen LogP contribution in [0.3, 0.4) is 0 Å². The molecule has 0 aliphatic rings. The molecule has 1 N–H and O–H groups in total. The molecular formula is C11H13ClFN. The largest absolute Gasteiger partial charge is 0.311 e. The molecule has 0 spiro atoms. The molecule has 0 fully saturated rings. The molecule has 1 aromatic carbocycles. The first-order valence-corrected chi connectivity index (χ1v) is 4.85.